The number of hydrogen-bond donors (Lipinski definition) is 3. The molecule has 0 aliphatic rings. The van der Waals surface area contributed by atoms with E-state index in [0.717, 1.165) is 0 Å². The summed E-state index contributed by atoms with van der Waals surface area (Å²) in [4.78, 5) is 28.4. The monoisotopic (exact) mass is 428 g/mol. The van der Waals surface area contributed by atoms with E-state index in [2.05, 4.69) is 57.2 Å². The van der Waals surface area contributed by atoms with Crippen LogP contribution in [0.15, 0.2) is 60.8 Å². The quantitative estimate of drug-likeness (QED) is 0.408. The van der Waals surface area contributed by atoms with Crippen LogP contribution in [-0.2, 0) is 17.6 Å². The highest BCUT2D eigenvalue weighted by Crippen LogP contribution is 2.24. The van der Waals surface area contributed by atoms with Crippen LogP contribution in [0.5, 0.6) is 0 Å². The van der Waals surface area contributed by atoms with Gasteiger partial charge in [0.15, 0.2) is 5.82 Å². The van der Waals surface area contributed by atoms with Crippen molar-refractivity contribution in [1.82, 2.24) is 19.9 Å². The number of pyridine rings is 1. The number of anilines is 1. The molecule has 0 bridgehead atoms. The Bertz CT molecular complexity index is 1260. The number of aromatic nitrogens is 4. The molecule has 4 aromatic rings. The molecule has 162 valence electrons. The van der Waals surface area contributed by atoms with Crippen molar-refractivity contribution in [1.29, 1.82) is 0 Å². The van der Waals surface area contributed by atoms with Crippen molar-refractivity contribution in [3.63, 3.8) is 0 Å². The van der Waals surface area contributed by atoms with Crippen LogP contribution in [0, 0.1) is 0 Å². The lowest BCUT2D eigenvalue weighted by Gasteiger charge is -2.13. The number of nitrogen functional groups attached to an aromatic ring is 1. The van der Waals surface area contributed by atoms with Crippen LogP contribution < -0.4 is 11.5 Å². The van der Waals surface area contributed by atoms with Gasteiger partial charge >= 0.3 is 5.97 Å². The van der Waals surface area contributed by atoms with Crippen molar-refractivity contribution < 1.29 is 9.90 Å². The van der Waals surface area contributed by atoms with E-state index in [9.17, 15) is 4.79 Å². The summed E-state index contributed by atoms with van der Waals surface area (Å²) in [6, 6.07) is 17.2. The number of nitrogens with two attached hydrogens (primary N) is 2. The topological polar surface area (TPSA) is 141 Å². The summed E-state index contributed by atoms with van der Waals surface area (Å²) < 4.78 is 0. The number of nitrogens with zero attached hydrogens (tertiary/aromatic N) is 4. The molecule has 0 amide bonds. The van der Waals surface area contributed by atoms with E-state index in [1.54, 1.807) is 18.3 Å². The van der Waals surface area contributed by atoms with Crippen LogP contribution in [0.1, 0.15) is 29.9 Å². The van der Waals surface area contributed by atoms with Gasteiger partial charge in [-0.05, 0) is 34.4 Å². The largest absolute Gasteiger partial charge is 0.480 e. The summed E-state index contributed by atoms with van der Waals surface area (Å²) in [5.74, 6) is 0.302. The third-order valence-corrected chi connectivity index (χ3v) is 5.36. The van der Waals surface area contributed by atoms with Crippen LogP contribution in [0.4, 0.5) is 5.95 Å². The van der Waals surface area contributed by atoms with Gasteiger partial charge in [0.1, 0.15) is 11.9 Å². The Balaban J connectivity index is 1.53. The molecule has 0 saturated heterocycles. The van der Waals surface area contributed by atoms with E-state index >= 15 is 0 Å². The number of hydrogen-bond acceptors (Lipinski definition) is 7. The number of carbonyl (C=O) groups is 1. The maximum absolute atomic E-state index is 10.9. The van der Waals surface area contributed by atoms with Crippen molar-refractivity contribution in [2.45, 2.75) is 31.7 Å². The number of aliphatic carboxylic acids is 1. The van der Waals surface area contributed by atoms with E-state index < -0.39 is 12.0 Å². The van der Waals surface area contributed by atoms with Gasteiger partial charge in [0.2, 0.25) is 5.95 Å². The Hall–Kier alpha value is -3.91. The molecule has 0 fully saturated rings. The van der Waals surface area contributed by atoms with Crippen LogP contribution in [0.3, 0.4) is 0 Å². The highest BCUT2D eigenvalue weighted by Gasteiger charge is 2.15. The summed E-state index contributed by atoms with van der Waals surface area (Å²) in [5, 5.41) is 11.3. The van der Waals surface area contributed by atoms with Crippen LogP contribution in [-0.4, -0.2) is 37.1 Å². The molecule has 8 nitrogen and oxygen atoms in total. The van der Waals surface area contributed by atoms with Gasteiger partial charge < -0.3 is 16.6 Å². The molecule has 2 aromatic carbocycles. The van der Waals surface area contributed by atoms with Crippen LogP contribution in [0.25, 0.3) is 22.2 Å². The number of benzene rings is 2. The molecule has 32 heavy (non-hydrogen) atoms. The molecule has 0 unspecified atom stereocenters. The second kappa shape index (κ2) is 9.07. The molecule has 2 atom stereocenters. The number of carboxylic acids is 1. The van der Waals surface area contributed by atoms with Gasteiger partial charge in [-0.2, -0.15) is 9.97 Å². The molecule has 8 heteroatoms. The van der Waals surface area contributed by atoms with E-state index in [-0.39, 0.29) is 18.3 Å². The molecular weight excluding hydrogens is 404 g/mol. The van der Waals surface area contributed by atoms with Gasteiger partial charge in [-0.1, -0.05) is 49.4 Å². The second-order valence-corrected chi connectivity index (χ2v) is 7.83. The van der Waals surface area contributed by atoms with Gasteiger partial charge in [-0.15, -0.1) is 0 Å². The van der Waals surface area contributed by atoms with Crippen molar-refractivity contribution in [2.75, 3.05) is 5.73 Å². The summed E-state index contributed by atoms with van der Waals surface area (Å²) >= 11 is 0. The predicted molar refractivity (Wildman–Crippen MR) is 123 cm³/mol. The summed E-state index contributed by atoms with van der Waals surface area (Å²) in [7, 11) is 0. The zero-order chi connectivity index (χ0) is 22.7. The Labute approximate surface area is 185 Å². The van der Waals surface area contributed by atoms with Gasteiger partial charge in [0, 0.05) is 30.3 Å². The Morgan fingerprint density at radius 1 is 1.00 bits per heavy atom. The first kappa shape index (κ1) is 21.3. The normalized spacial score (nSPS) is 13.1. The minimum Gasteiger partial charge on any atom is -0.480 e. The first-order chi connectivity index (χ1) is 15.4. The predicted octanol–water partition coefficient (Wildman–Crippen LogP) is 2.97. The number of carboxylic acid groups (broad SMARTS) is 1. The third kappa shape index (κ3) is 4.87. The average Bonchev–Trinajstić information content (AvgIpc) is 2.78. The fourth-order valence-corrected chi connectivity index (χ4v) is 3.55. The van der Waals surface area contributed by atoms with Crippen molar-refractivity contribution in [2.24, 2.45) is 5.73 Å². The van der Waals surface area contributed by atoms with E-state index in [1.165, 1.54) is 16.3 Å². The summed E-state index contributed by atoms with van der Waals surface area (Å²) in [6.45, 7) is 2.13. The molecular formula is C24H24N6O2. The third-order valence-electron chi connectivity index (χ3n) is 5.36. The fourth-order valence-electron chi connectivity index (χ4n) is 3.55. The van der Waals surface area contributed by atoms with E-state index in [4.69, 9.17) is 16.6 Å². The SMILES string of the molecule is C[C@@H](Cc1nc(N)nc(-c2ccc(C[C@H](N)C(=O)O)nc2)n1)c1ccc2ccccc2c1. The highest BCUT2D eigenvalue weighted by atomic mass is 16.4. The van der Waals surface area contributed by atoms with Crippen molar-refractivity contribution >= 4 is 22.7 Å². The average molecular weight is 428 g/mol. The molecule has 0 radical (unpaired) electrons. The molecule has 4 rings (SSSR count). The van der Waals surface area contributed by atoms with Crippen LogP contribution in [0.2, 0.25) is 0 Å². The van der Waals surface area contributed by atoms with Crippen LogP contribution >= 0.6 is 0 Å². The Morgan fingerprint density at radius 3 is 2.50 bits per heavy atom. The van der Waals surface area contributed by atoms with Crippen molar-refractivity contribution in [3.05, 3.63) is 77.9 Å². The maximum Gasteiger partial charge on any atom is 0.320 e. The molecule has 0 aliphatic heterocycles. The molecule has 5 N–H and O–H groups in total. The fraction of sp³-hybridized carbons (Fsp3) is 0.208. The van der Waals surface area contributed by atoms with Gasteiger partial charge in [0.05, 0.1) is 0 Å². The van der Waals surface area contributed by atoms with Gasteiger partial charge in [-0.3, -0.25) is 9.78 Å². The standard InChI is InChI=1S/C24H24N6O2/c1-14(16-7-6-15-4-2-3-5-17(15)11-16)10-21-28-22(30-24(26)29-21)18-8-9-19(27-13-18)12-20(25)23(31)32/h2-9,11,13-14,20H,10,12,25H2,1H3,(H,31,32)(H2,26,28,29,30)/t14-,20-/m0/s1. The molecule has 2 heterocycles. The number of fused-ring (bicyclic) bond motifs is 1. The lowest BCUT2D eigenvalue weighted by molar-refractivity contribution is -0.138. The van der Waals surface area contributed by atoms with Crippen molar-refractivity contribution in [3.8, 4) is 11.4 Å². The molecule has 0 saturated carbocycles. The lowest BCUT2D eigenvalue weighted by Crippen LogP contribution is -2.32. The Morgan fingerprint density at radius 2 is 1.78 bits per heavy atom. The van der Waals surface area contributed by atoms with Gasteiger partial charge in [-0.25, -0.2) is 4.98 Å². The molecule has 0 spiro atoms. The molecule has 0 aliphatic carbocycles. The summed E-state index contributed by atoms with van der Waals surface area (Å²) in [5.41, 5.74) is 14.0. The van der Waals surface area contributed by atoms with Gasteiger partial charge in [0.25, 0.3) is 0 Å². The highest BCUT2D eigenvalue weighted by molar-refractivity contribution is 5.83. The Kier molecular flexibility index (Phi) is 6.04. The zero-order valence-corrected chi connectivity index (χ0v) is 17.6. The first-order valence-electron chi connectivity index (χ1n) is 10.3. The lowest BCUT2D eigenvalue weighted by atomic mass is 9.95. The van der Waals surface area contributed by atoms with E-state index in [1.807, 2.05) is 12.1 Å². The van der Waals surface area contributed by atoms with E-state index in [0.29, 0.717) is 29.3 Å². The zero-order valence-electron chi connectivity index (χ0n) is 17.6. The maximum atomic E-state index is 10.9. The number of rotatable bonds is 7. The minimum atomic E-state index is -1.06. The first-order valence-corrected chi connectivity index (χ1v) is 10.3. The summed E-state index contributed by atoms with van der Waals surface area (Å²) in [6.07, 6.45) is 2.34. The molecule has 2 aromatic heterocycles. The second-order valence-electron chi connectivity index (χ2n) is 7.83. The minimum absolute atomic E-state index is 0.142. The smallest absolute Gasteiger partial charge is 0.320 e.